The van der Waals surface area contributed by atoms with E-state index in [0.29, 0.717) is 22.5 Å². The zero-order chi connectivity index (χ0) is 19.2. The fraction of sp³-hybridized carbons (Fsp3) is 0.150. The van der Waals surface area contributed by atoms with Gasteiger partial charge in [-0.1, -0.05) is 47.6 Å². The molecule has 0 aliphatic rings. The number of allylic oxidation sites excluding steroid dienone is 1. The number of para-hydroxylation sites is 1. The molecule has 0 unspecified atom stereocenters. The van der Waals surface area contributed by atoms with Crippen LogP contribution in [0.15, 0.2) is 66.3 Å². The van der Waals surface area contributed by atoms with Crippen molar-refractivity contribution < 1.29 is 4.79 Å². The topological polar surface area (TPSA) is 59.8 Å². The van der Waals surface area contributed by atoms with Crippen molar-refractivity contribution in [1.29, 1.82) is 0 Å². The predicted octanol–water partition coefficient (Wildman–Crippen LogP) is 4.82. The Morgan fingerprint density at radius 2 is 1.96 bits per heavy atom. The molecule has 3 aromatic rings. The lowest BCUT2D eigenvalue weighted by Crippen LogP contribution is -2.15. The van der Waals surface area contributed by atoms with Gasteiger partial charge in [-0.3, -0.25) is 9.36 Å². The molecule has 1 N–H and O–H groups in total. The van der Waals surface area contributed by atoms with Crippen LogP contribution in [0.2, 0.25) is 5.02 Å². The Hall–Kier alpha value is -2.57. The summed E-state index contributed by atoms with van der Waals surface area (Å²) >= 11 is 7.30. The SMILES string of the molecule is C=CCn1c(SCC(=O)Nc2ccccc2C)nnc1-c1ccc(Cl)cc1. The van der Waals surface area contributed by atoms with E-state index in [2.05, 4.69) is 22.1 Å². The van der Waals surface area contributed by atoms with E-state index in [1.807, 2.05) is 60.0 Å². The molecule has 0 saturated carbocycles. The average molecular weight is 399 g/mol. The minimum absolute atomic E-state index is 0.0875. The smallest absolute Gasteiger partial charge is 0.234 e. The minimum atomic E-state index is -0.0875. The van der Waals surface area contributed by atoms with E-state index < -0.39 is 0 Å². The summed E-state index contributed by atoms with van der Waals surface area (Å²) in [6.07, 6.45) is 1.78. The predicted molar refractivity (Wildman–Crippen MR) is 111 cm³/mol. The first kappa shape index (κ1) is 19.2. The Balaban J connectivity index is 1.73. The first-order valence-electron chi connectivity index (χ1n) is 8.37. The Morgan fingerprint density at radius 1 is 1.22 bits per heavy atom. The normalized spacial score (nSPS) is 10.6. The van der Waals surface area contributed by atoms with E-state index in [1.165, 1.54) is 11.8 Å². The second kappa shape index (κ2) is 8.88. The number of halogens is 1. The van der Waals surface area contributed by atoms with Crippen LogP contribution in [-0.4, -0.2) is 26.4 Å². The van der Waals surface area contributed by atoms with Crippen LogP contribution < -0.4 is 5.32 Å². The number of nitrogens with one attached hydrogen (secondary N) is 1. The van der Waals surface area contributed by atoms with Crippen molar-refractivity contribution in [2.75, 3.05) is 11.1 Å². The van der Waals surface area contributed by atoms with Gasteiger partial charge in [-0.05, 0) is 42.8 Å². The van der Waals surface area contributed by atoms with Crippen molar-refractivity contribution in [3.05, 3.63) is 71.8 Å². The monoisotopic (exact) mass is 398 g/mol. The Morgan fingerprint density at radius 3 is 2.67 bits per heavy atom. The summed E-state index contributed by atoms with van der Waals surface area (Å²) in [5.74, 6) is 0.869. The van der Waals surface area contributed by atoms with Crippen molar-refractivity contribution in [2.24, 2.45) is 0 Å². The zero-order valence-electron chi connectivity index (χ0n) is 14.9. The molecule has 0 atom stereocenters. The molecule has 0 radical (unpaired) electrons. The van der Waals surface area contributed by atoms with Crippen molar-refractivity contribution in [1.82, 2.24) is 14.8 Å². The first-order valence-corrected chi connectivity index (χ1v) is 9.73. The highest BCUT2D eigenvalue weighted by atomic mass is 35.5. The number of benzene rings is 2. The Bertz CT molecular complexity index is 953. The molecule has 1 amide bonds. The van der Waals surface area contributed by atoms with Gasteiger partial charge in [-0.25, -0.2) is 0 Å². The van der Waals surface area contributed by atoms with Crippen LogP contribution in [0.25, 0.3) is 11.4 Å². The maximum absolute atomic E-state index is 12.3. The fourth-order valence-corrected chi connectivity index (χ4v) is 3.40. The maximum atomic E-state index is 12.3. The van der Waals surface area contributed by atoms with E-state index in [0.717, 1.165) is 16.8 Å². The largest absolute Gasteiger partial charge is 0.325 e. The molecule has 3 rings (SSSR count). The molecule has 7 heteroatoms. The van der Waals surface area contributed by atoms with E-state index in [-0.39, 0.29) is 11.7 Å². The third kappa shape index (κ3) is 4.78. The van der Waals surface area contributed by atoms with E-state index in [1.54, 1.807) is 6.08 Å². The molecule has 138 valence electrons. The Labute approximate surface area is 167 Å². The van der Waals surface area contributed by atoms with Crippen molar-refractivity contribution in [3.8, 4) is 11.4 Å². The van der Waals surface area contributed by atoms with Gasteiger partial charge in [-0.15, -0.1) is 16.8 Å². The van der Waals surface area contributed by atoms with E-state index in [9.17, 15) is 4.79 Å². The number of hydrogen-bond acceptors (Lipinski definition) is 4. The maximum Gasteiger partial charge on any atom is 0.234 e. The highest BCUT2D eigenvalue weighted by Gasteiger charge is 2.15. The molecule has 0 bridgehead atoms. The highest BCUT2D eigenvalue weighted by molar-refractivity contribution is 7.99. The summed E-state index contributed by atoms with van der Waals surface area (Å²) in [5, 5.41) is 12.8. The van der Waals surface area contributed by atoms with Crippen LogP contribution in [0.4, 0.5) is 5.69 Å². The van der Waals surface area contributed by atoms with Crippen LogP contribution in [0.1, 0.15) is 5.56 Å². The van der Waals surface area contributed by atoms with Crippen LogP contribution in [0.5, 0.6) is 0 Å². The molecule has 5 nitrogen and oxygen atoms in total. The highest BCUT2D eigenvalue weighted by Crippen LogP contribution is 2.25. The second-order valence-corrected chi connectivity index (χ2v) is 7.24. The Kier molecular flexibility index (Phi) is 6.32. The summed E-state index contributed by atoms with van der Waals surface area (Å²) in [7, 11) is 0. The molecule has 0 aliphatic heterocycles. The lowest BCUT2D eigenvalue weighted by atomic mass is 10.2. The van der Waals surface area contributed by atoms with Gasteiger partial charge >= 0.3 is 0 Å². The lowest BCUT2D eigenvalue weighted by molar-refractivity contribution is -0.113. The van der Waals surface area contributed by atoms with Gasteiger partial charge in [0.25, 0.3) is 0 Å². The molecule has 0 aliphatic carbocycles. The number of rotatable bonds is 7. The molecule has 0 saturated heterocycles. The van der Waals surface area contributed by atoms with Gasteiger partial charge in [0.15, 0.2) is 11.0 Å². The van der Waals surface area contributed by atoms with Crippen molar-refractivity contribution >= 4 is 35.0 Å². The number of aromatic nitrogens is 3. The van der Waals surface area contributed by atoms with E-state index in [4.69, 9.17) is 11.6 Å². The van der Waals surface area contributed by atoms with Crippen LogP contribution in [0, 0.1) is 6.92 Å². The molecule has 0 fully saturated rings. The number of amides is 1. The number of anilines is 1. The fourth-order valence-electron chi connectivity index (χ4n) is 2.53. The first-order chi connectivity index (χ1) is 13.1. The third-order valence-corrected chi connectivity index (χ3v) is 5.10. The molecule has 1 aromatic heterocycles. The standard InChI is InChI=1S/C20H19ClN4OS/c1-3-12-25-19(15-8-10-16(21)11-9-15)23-24-20(25)27-13-18(26)22-17-7-5-4-6-14(17)2/h3-11H,1,12-13H2,2H3,(H,22,26). The van der Waals surface area contributed by atoms with Crippen LogP contribution in [0.3, 0.4) is 0 Å². The molecule has 2 aromatic carbocycles. The number of nitrogens with zero attached hydrogens (tertiary/aromatic N) is 3. The average Bonchev–Trinajstić information content (AvgIpc) is 3.06. The molecule has 1 heterocycles. The number of carbonyl (C=O) groups excluding carboxylic acids is 1. The molecule has 27 heavy (non-hydrogen) atoms. The third-order valence-electron chi connectivity index (χ3n) is 3.88. The van der Waals surface area contributed by atoms with Crippen LogP contribution >= 0.6 is 23.4 Å². The van der Waals surface area contributed by atoms with Gasteiger partial charge < -0.3 is 5.32 Å². The van der Waals surface area contributed by atoms with Gasteiger partial charge in [0, 0.05) is 22.8 Å². The number of aryl methyl sites for hydroxylation is 1. The van der Waals surface area contributed by atoms with Gasteiger partial charge in [0.1, 0.15) is 0 Å². The minimum Gasteiger partial charge on any atom is -0.325 e. The zero-order valence-corrected chi connectivity index (χ0v) is 16.4. The van der Waals surface area contributed by atoms with Crippen molar-refractivity contribution in [2.45, 2.75) is 18.6 Å². The molecule has 0 spiro atoms. The number of thioether (sulfide) groups is 1. The van der Waals surface area contributed by atoms with Crippen LogP contribution in [-0.2, 0) is 11.3 Å². The summed E-state index contributed by atoms with van der Waals surface area (Å²) in [5.41, 5.74) is 2.75. The van der Waals surface area contributed by atoms with Crippen molar-refractivity contribution in [3.63, 3.8) is 0 Å². The molecular weight excluding hydrogens is 380 g/mol. The number of carbonyl (C=O) groups is 1. The second-order valence-electron chi connectivity index (χ2n) is 5.86. The van der Waals surface area contributed by atoms with Gasteiger partial charge in [0.05, 0.1) is 5.75 Å². The number of hydrogen-bond donors (Lipinski definition) is 1. The summed E-state index contributed by atoms with van der Waals surface area (Å²) in [6, 6.07) is 15.1. The summed E-state index contributed by atoms with van der Waals surface area (Å²) in [4.78, 5) is 12.3. The molecular formula is C20H19ClN4OS. The summed E-state index contributed by atoms with van der Waals surface area (Å²) < 4.78 is 1.93. The summed E-state index contributed by atoms with van der Waals surface area (Å²) in [6.45, 7) is 6.31. The van der Waals surface area contributed by atoms with Gasteiger partial charge in [0.2, 0.25) is 5.91 Å². The lowest BCUT2D eigenvalue weighted by Gasteiger charge is -2.09. The van der Waals surface area contributed by atoms with E-state index >= 15 is 0 Å². The quantitative estimate of drug-likeness (QED) is 0.457. The van der Waals surface area contributed by atoms with Gasteiger partial charge in [-0.2, -0.15) is 0 Å².